The summed E-state index contributed by atoms with van der Waals surface area (Å²) in [6.07, 6.45) is 3.61. The standard InChI is InChI=1S/C8H7F3O/c9-7(12)5-6-3-1-2-4-8(6,10)11/h1-4,6H,5H2. The monoisotopic (exact) mass is 176 g/mol. The van der Waals surface area contributed by atoms with Crippen LogP contribution >= 0.6 is 0 Å². The molecule has 12 heavy (non-hydrogen) atoms. The molecule has 1 aliphatic carbocycles. The first kappa shape index (κ1) is 9.03. The fourth-order valence-electron chi connectivity index (χ4n) is 1.01. The lowest BCUT2D eigenvalue weighted by atomic mass is 9.94. The van der Waals surface area contributed by atoms with Gasteiger partial charge in [0.15, 0.2) is 0 Å². The van der Waals surface area contributed by atoms with E-state index >= 15 is 0 Å². The van der Waals surface area contributed by atoms with Crippen LogP contribution < -0.4 is 0 Å². The minimum absolute atomic E-state index is 0.667. The Hall–Kier alpha value is -1.06. The van der Waals surface area contributed by atoms with Crippen LogP contribution in [0.15, 0.2) is 24.3 Å². The maximum absolute atomic E-state index is 12.8. The van der Waals surface area contributed by atoms with Gasteiger partial charge in [0.05, 0.1) is 12.3 Å². The van der Waals surface area contributed by atoms with Crippen LogP contribution in [0.2, 0.25) is 0 Å². The molecule has 0 aliphatic heterocycles. The molecule has 0 spiro atoms. The van der Waals surface area contributed by atoms with Gasteiger partial charge in [-0.2, -0.15) is 4.39 Å². The average Bonchev–Trinajstić information content (AvgIpc) is 1.92. The van der Waals surface area contributed by atoms with Crippen molar-refractivity contribution in [2.24, 2.45) is 5.92 Å². The minimum atomic E-state index is -3.10. The predicted molar refractivity (Wildman–Crippen MR) is 37.4 cm³/mol. The van der Waals surface area contributed by atoms with E-state index in [-0.39, 0.29) is 0 Å². The number of allylic oxidation sites excluding steroid dienone is 4. The van der Waals surface area contributed by atoms with Crippen molar-refractivity contribution >= 4 is 6.04 Å². The van der Waals surface area contributed by atoms with E-state index in [1.165, 1.54) is 12.2 Å². The van der Waals surface area contributed by atoms with Crippen molar-refractivity contribution in [2.75, 3.05) is 0 Å². The molecule has 1 rings (SSSR count). The fourth-order valence-corrected chi connectivity index (χ4v) is 1.01. The molecule has 1 atom stereocenters. The van der Waals surface area contributed by atoms with Crippen LogP contribution in [-0.4, -0.2) is 12.0 Å². The Morgan fingerprint density at radius 1 is 1.42 bits per heavy atom. The van der Waals surface area contributed by atoms with Gasteiger partial charge in [-0.05, 0) is 6.08 Å². The highest BCUT2D eigenvalue weighted by Gasteiger charge is 2.37. The molecule has 1 unspecified atom stereocenters. The molecule has 4 heteroatoms. The number of hydrogen-bond donors (Lipinski definition) is 0. The third-order valence-corrected chi connectivity index (χ3v) is 1.65. The van der Waals surface area contributed by atoms with Crippen molar-refractivity contribution in [3.8, 4) is 0 Å². The van der Waals surface area contributed by atoms with Gasteiger partial charge in [-0.25, -0.2) is 8.78 Å². The van der Waals surface area contributed by atoms with Gasteiger partial charge >= 0.3 is 6.04 Å². The van der Waals surface area contributed by atoms with Gasteiger partial charge < -0.3 is 0 Å². The van der Waals surface area contributed by atoms with E-state index in [0.717, 1.165) is 6.08 Å². The van der Waals surface area contributed by atoms with Crippen molar-refractivity contribution in [3.63, 3.8) is 0 Å². The molecule has 0 amide bonds. The molecule has 0 aromatic carbocycles. The summed E-state index contributed by atoms with van der Waals surface area (Å²) in [4.78, 5) is 9.94. The fraction of sp³-hybridized carbons (Fsp3) is 0.375. The van der Waals surface area contributed by atoms with E-state index < -0.39 is 24.3 Å². The zero-order valence-corrected chi connectivity index (χ0v) is 6.14. The molecule has 66 valence electrons. The molecule has 0 bridgehead atoms. The quantitative estimate of drug-likeness (QED) is 0.590. The summed E-state index contributed by atoms with van der Waals surface area (Å²) in [7, 11) is 0. The number of halogens is 3. The third kappa shape index (κ3) is 1.96. The highest BCUT2D eigenvalue weighted by atomic mass is 19.3. The van der Waals surface area contributed by atoms with Gasteiger partial charge in [0.2, 0.25) is 0 Å². The van der Waals surface area contributed by atoms with E-state index in [9.17, 15) is 18.0 Å². The Kier molecular flexibility index (Phi) is 2.35. The van der Waals surface area contributed by atoms with Gasteiger partial charge in [-0.1, -0.05) is 18.2 Å². The van der Waals surface area contributed by atoms with Crippen LogP contribution in [0, 0.1) is 5.92 Å². The lowest BCUT2D eigenvalue weighted by Gasteiger charge is -2.21. The van der Waals surface area contributed by atoms with Crippen LogP contribution in [0.5, 0.6) is 0 Å². The molecular formula is C8H7F3O. The highest BCUT2D eigenvalue weighted by Crippen LogP contribution is 2.32. The summed E-state index contributed by atoms with van der Waals surface area (Å²) in [5.74, 6) is -4.43. The summed E-state index contributed by atoms with van der Waals surface area (Å²) in [5.41, 5.74) is 0. The van der Waals surface area contributed by atoms with Crippen molar-refractivity contribution in [3.05, 3.63) is 24.3 Å². The van der Waals surface area contributed by atoms with E-state index in [2.05, 4.69) is 0 Å². The van der Waals surface area contributed by atoms with Crippen molar-refractivity contribution in [2.45, 2.75) is 12.3 Å². The first-order chi connectivity index (χ1) is 5.52. The second-order valence-electron chi connectivity index (χ2n) is 2.58. The van der Waals surface area contributed by atoms with E-state index in [1.807, 2.05) is 0 Å². The lowest BCUT2D eigenvalue weighted by Crippen LogP contribution is -2.27. The van der Waals surface area contributed by atoms with Gasteiger partial charge in [0.1, 0.15) is 0 Å². The first-order valence-corrected chi connectivity index (χ1v) is 3.44. The molecule has 0 radical (unpaired) electrons. The maximum atomic E-state index is 12.8. The molecule has 0 heterocycles. The summed E-state index contributed by atoms with van der Waals surface area (Å²) in [5, 5.41) is 0. The Morgan fingerprint density at radius 3 is 2.58 bits per heavy atom. The van der Waals surface area contributed by atoms with Crippen LogP contribution in [0.25, 0.3) is 0 Å². The Balaban J connectivity index is 2.70. The van der Waals surface area contributed by atoms with Crippen LogP contribution in [0.3, 0.4) is 0 Å². The highest BCUT2D eigenvalue weighted by molar-refractivity contribution is 5.68. The Bertz CT molecular complexity index is 243. The zero-order valence-electron chi connectivity index (χ0n) is 6.14. The molecule has 0 fully saturated rings. The van der Waals surface area contributed by atoms with Crippen molar-refractivity contribution in [1.29, 1.82) is 0 Å². The summed E-state index contributed by atoms with van der Waals surface area (Å²) < 4.78 is 37.3. The average molecular weight is 176 g/mol. The molecule has 0 aromatic heterocycles. The number of carbonyl (C=O) groups is 1. The summed E-state index contributed by atoms with van der Waals surface area (Å²) in [6.45, 7) is 0. The minimum Gasteiger partial charge on any atom is -0.261 e. The molecule has 1 nitrogen and oxygen atoms in total. The van der Waals surface area contributed by atoms with E-state index in [1.54, 1.807) is 0 Å². The topological polar surface area (TPSA) is 17.1 Å². The Morgan fingerprint density at radius 2 is 2.08 bits per heavy atom. The van der Waals surface area contributed by atoms with Crippen LogP contribution in [0.4, 0.5) is 13.2 Å². The third-order valence-electron chi connectivity index (χ3n) is 1.65. The number of hydrogen-bond acceptors (Lipinski definition) is 1. The van der Waals surface area contributed by atoms with Gasteiger partial charge in [-0.3, -0.25) is 4.79 Å². The van der Waals surface area contributed by atoms with Gasteiger partial charge in [0.25, 0.3) is 5.92 Å². The molecule has 0 N–H and O–H groups in total. The van der Waals surface area contributed by atoms with Crippen LogP contribution in [0.1, 0.15) is 6.42 Å². The summed E-state index contributed by atoms with van der Waals surface area (Å²) >= 11 is 0. The Labute approximate surface area is 67.6 Å². The maximum Gasteiger partial charge on any atom is 0.302 e. The molecule has 1 aliphatic rings. The second kappa shape index (κ2) is 3.13. The normalized spacial score (nSPS) is 25.8. The van der Waals surface area contributed by atoms with Gasteiger partial charge in [0, 0.05) is 0 Å². The van der Waals surface area contributed by atoms with Gasteiger partial charge in [-0.15, -0.1) is 0 Å². The SMILES string of the molecule is O=C(F)CC1C=CC=CC1(F)F. The second-order valence-corrected chi connectivity index (χ2v) is 2.58. The molecule has 0 saturated carbocycles. The number of rotatable bonds is 2. The molecule has 0 aromatic rings. The lowest BCUT2D eigenvalue weighted by molar-refractivity contribution is -0.132. The smallest absolute Gasteiger partial charge is 0.261 e. The predicted octanol–water partition coefficient (Wildman–Crippen LogP) is 2.25. The van der Waals surface area contributed by atoms with E-state index in [4.69, 9.17) is 0 Å². The van der Waals surface area contributed by atoms with E-state index in [0.29, 0.717) is 6.08 Å². The van der Waals surface area contributed by atoms with Crippen LogP contribution in [-0.2, 0) is 4.79 Å². The van der Waals surface area contributed by atoms with Crippen molar-refractivity contribution in [1.82, 2.24) is 0 Å². The molecular weight excluding hydrogens is 169 g/mol. The molecule has 0 saturated heterocycles. The van der Waals surface area contributed by atoms with Crippen molar-refractivity contribution < 1.29 is 18.0 Å². The first-order valence-electron chi connectivity index (χ1n) is 3.44. The number of carbonyl (C=O) groups excluding carboxylic acids is 1. The zero-order chi connectivity index (χ0) is 9.19. The summed E-state index contributed by atoms with van der Waals surface area (Å²) in [6, 6.07) is -1.71. The number of alkyl halides is 2. The largest absolute Gasteiger partial charge is 0.302 e.